The minimum Gasteiger partial charge on any atom is -0.481 e. The van der Waals surface area contributed by atoms with Gasteiger partial charge in [0.2, 0.25) is 0 Å². The summed E-state index contributed by atoms with van der Waals surface area (Å²) in [4.78, 5) is 24.1. The number of carbonyl (C=O) groups is 2. The van der Waals surface area contributed by atoms with Crippen molar-refractivity contribution in [2.24, 2.45) is 11.8 Å². The number of anilines is 1. The number of hydrogen-bond donors (Lipinski definition) is 2. The fourth-order valence-electron chi connectivity index (χ4n) is 2.62. The molecule has 0 aliphatic carbocycles. The number of aliphatic carboxylic acids is 1. The molecule has 0 radical (unpaired) electrons. The van der Waals surface area contributed by atoms with Gasteiger partial charge in [-0.2, -0.15) is 13.2 Å². The van der Waals surface area contributed by atoms with Crippen molar-refractivity contribution in [2.45, 2.75) is 20.0 Å². The number of likely N-dealkylation sites (tertiary alicyclic amines) is 1. The zero-order valence-corrected chi connectivity index (χ0v) is 12.6. The first-order valence-electron chi connectivity index (χ1n) is 7.02. The predicted molar refractivity (Wildman–Crippen MR) is 77.2 cm³/mol. The Hall–Kier alpha value is -2.25. The molecular formula is C15H17F3N2O3. The Morgan fingerprint density at radius 1 is 1.26 bits per heavy atom. The molecule has 8 heteroatoms. The fraction of sp³-hybridized carbons (Fsp3) is 0.467. The molecule has 0 unspecified atom stereocenters. The third-order valence-corrected chi connectivity index (χ3v) is 3.98. The van der Waals surface area contributed by atoms with Gasteiger partial charge in [-0.25, -0.2) is 4.79 Å². The number of carbonyl (C=O) groups excluding carboxylic acids is 1. The average Bonchev–Trinajstić information content (AvgIpc) is 2.88. The van der Waals surface area contributed by atoms with Gasteiger partial charge in [-0.05, 0) is 31.0 Å². The van der Waals surface area contributed by atoms with Crippen molar-refractivity contribution >= 4 is 17.7 Å². The third-order valence-electron chi connectivity index (χ3n) is 3.98. The number of hydrogen-bond acceptors (Lipinski definition) is 2. The highest BCUT2D eigenvalue weighted by atomic mass is 19.4. The Bertz CT molecular complexity index is 631. The minimum atomic E-state index is -4.66. The molecule has 2 rings (SSSR count). The number of carboxylic acids is 1. The molecule has 1 heterocycles. The number of alkyl halides is 3. The van der Waals surface area contributed by atoms with E-state index in [1.807, 2.05) is 13.0 Å². The van der Waals surface area contributed by atoms with Crippen LogP contribution in [0.1, 0.15) is 11.1 Å². The van der Waals surface area contributed by atoms with E-state index in [0.29, 0.717) is 5.69 Å². The summed E-state index contributed by atoms with van der Waals surface area (Å²) in [7, 11) is 0. The van der Waals surface area contributed by atoms with Crippen LogP contribution >= 0.6 is 0 Å². The van der Waals surface area contributed by atoms with Crippen LogP contribution in [0.4, 0.5) is 23.7 Å². The van der Waals surface area contributed by atoms with E-state index in [9.17, 15) is 22.8 Å². The zero-order valence-electron chi connectivity index (χ0n) is 12.6. The normalized spacial score (nSPS) is 21.3. The number of nitrogens with zero attached hydrogens (tertiary/aromatic N) is 1. The van der Waals surface area contributed by atoms with Crippen molar-refractivity contribution in [2.75, 3.05) is 18.4 Å². The molecule has 2 N–H and O–H groups in total. The summed E-state index contributed by atoms with van der Waals surface area (Å²) in [5, 5.41) is 11.5. The maximum atomic E-state index is 12.9. The topological polar surface area (TPSA) is 69.6 Å². The summed E-state index contributed by atoms with van der Waals surface area (Å²) in [5.74, 6) is -5.24. The average molecular weight is 330 g/mol. The third kappa shape index (κ3) is 3.75. The largest absolute Gasteiger partial charge is 0.481 e. The smallest absolute Gasteiger partial charge is 0.394 e. The molecule has 23 heavy (non-hydrogen) atoms. The van der Waals surface area contributed by atoms with Crippen LogP contribution in [0.3, 0.4) is 0 Å². The van der Waals surface area contributed by atoms with Crippen molar-refractivity contribution in [1.82, 2.24) is 4.90 Å². The highest BCUT2D eigenvalue weighted by molar-refractivity contribution is 5.91. The van der Waals surface area contributed by atoms with Gasteiger partial charge in [0.05, 0.1) is 11.8 Å². The number of carboxylic acid groups (broad SMARTS) is 1. The van der Waals surface area contributed by atoms with Gasteiger partial charge in [0.15, 0.2) is 0 Å². The SMILES string of the molecule is Cc1ccc(C)c(NC(=O)N2C[C@@H](C(F)(F)F)[C@H](C(=O)O)C2)c1. The van der Waals surface area contributed by atoms with Crippen molar-refractivity contribution in [1.29, 1.82) is 0 Å². The van der Waals surface area contributed by atoms with Gasteiger partial charge in [0.25, 0.3) is 0 Å². The van der Waals surface area contributed by atoms with Gasteiger partial charge in [-0.15, -0.1) is 0 Å². The molecule has 1 aliphatic heterocycles. The Kier molecular flexibility index (Phi) is 4.53. The zero-order chi connectivity index (χ0) is 17.4. The van der Waals surface area contributed by atoms with E-state index in [1.54, 1.807) is 19.1 Å². The maximum Gasteiger partial charge on any atom is 0.394 e. The van der Waals surface area contributed by atoms with Crippen LogP contribution in [-0.2, 0) is 4.79 Å². The Labute approximate surface area is 131 Å². The fourth-order valence-corrected chi connectivity index (χ4v) is 2.62. The second kappa shape index (κ2) is 6.10. The minimum absolute atomic E-state index is 0.462. The quantitative estimate of drug-likeness (QED) is 0.876. The van der Waals surface area contributed by atoms with Gasteiger partial charge in [-0.1, -0.05) is 12.1 Å². The van der Waals surface area contributed by atoms with E-state index in [-0.39, 0.29) is 0 Å². The van der Waals surface area contributed by atoms with Crippen LogP contribution in [-0.4, -0.2) is 41.3 Å². The molecule has 1 aliphatic rings. The molecule has 1 aromatic rings. The summed E-state index contributed by atoms with van der Waals surface area (Å²) in [6.45, 7) is 2.47. The molecule has 1 aromatic carbocycles. The van der Waals surface area contributed by atoms with Crippen molar-refractivity contribution < 1.29 is 27.9 Å². The Morgan fingerprint density at radius 2 is 1.91 bits per heavy atom. The first kappa shape index (κ1) is 17.1. The molecule has 0 saturated carbocycles. The molecule has 0 spiro atoms. The van der Waals surface area contributed by atoms with E-state index in [2.05, 4.69) is 5.32 Å². The Morgan fingerprint density at radius 3 is 2.43 bits per heavy atom. The number of amides is 2. The van der Waals surface area contributed by atoms with Crippen molar-refractivity contribution in [3.8, 4) is 0 Å². The van der Waals surface area contributed by atoms with Gasteiger partial charge in [-0.3, -0.25) is 4.79 Å². The van der Waals surface area contributed by atoms with Gasteiger partial charge < -0.3 is 15.3 Å². The van der Waals surface area contributed by atoms with Crippen LogP contribution in [0.2, 0.25) is 0 Å². The molecular weight excluding hydrogens is 313 g/mol. The van der Waals surface area contributed by atoms with Crippen molar-refractivity contribution in [3.63, 3.8) is 0 Å². The highest BCUT2D eigenvalue weighted by Crippen LogP contribution is 2.38. The number of halogens is 3. The number of nitrogens with one attached hydrogen (secondary N) is 1. The predicted octanol–water partition coefficient (Wildman–Crippen LogP) is 3.03. The first-order valence-corrected chi connectivity index (χ1v) is 7.02. The van der Waals surface area contributed by atoms with Gasteiger partial charge in [0.1, 0.15) is 0 Å². The molecule has 0 aromatic heterocycles. The lowest BCUT2D eigenvalue weighted by Gasteiger charge is -2.19. The van der Waals surface area contributed by atoms with Crippen LogP contribution in [0.25, 0.3) is 0 Å². The summed E-state index contributed by atoms with van der Waals surface area (Å²) in [6.07, 6.45) is -4.66. The molecule has 126 valence electrons. The monoisotopic (exact) mass is 330 g/mol. The van der Waals surface area contributed by atoms with E-state index in [1.165, 1.54) is 0 Å². The highest BCUT2D eigenvalue weighted by Gasteiger charge is 2.53. The number of urea groups is 1. The lowest BCUT2D eigenvalue weighted by molar-refractivity contribution is -0.187. The standard InChI is InChI=1S/C15H17F3N2O3/c1-8-3-4-9(2)12(5-8)19-14(23)20-6-10(13(21)22)11(7-20)15(16,17)18/h3-5,10-11H,6-7H2,1-2H3,(H,19,23)(H,21,22)/t10-,11-/m1/s1. The van der Waals surface area contributed by atoms with E-state index >= 15 is 0 Å². The van der Waals surface area contributed by atoms with Crippen LogP contribution in [0, 0.1) is 25.7 Å². The summed E-state index contributed by atoms with van der Waals surface area (Å²) >= 11 is 0. The molecule has 2 atom stereocenters. The second-order valence-corrected chi connectivity index (χ2v) is 5.75. The number of aryl methyl sites for hydroxylation is 2. The van der Waals surface area contributed by atoms with E-state index in [0.717, 1.165) is 16.0 Å². The van der Waals surface area contributed by atoms with Gasteiger partial charge in [0, 0.05) is 18.8 Å². The van der Waals surface area contributed by atoms with E-state index in [4.69, 9.17) is 5.11 Å². The summed E-state index contributed by atoms with van der Waals surface area (Å²) in [6, 6.07) is 4.62. The number of benzene rings is 1. The summed E-state index contributed by atoms with van der Waals surface area (Å²) < 4.78 is 38.8. The lowest BCUT2D eigenvalue weighted by Crippen LogP contribution is -2.35. The molecule has 0 bridgehead atoms. The maximum absolute atomic E-state index is 12.9. The van der Waals surface area contributed by atoms with Crippen LogP contribution in [0.15, 0.2) is 18.2 Å². The molecule has 1 saturated heterocycles. The number of rotatable bonds is 2. The summed E-state index contributed by atoms with van der Waals surface area (Å²) in [5.41, 5.74) is 2.16. The van der Waals surface area contributed by atoms with Crippen LogP contribution < -0.4 is 5.32 Å². The second-order valence-electron chi connectivity index (χ2n) is 5.75. The van der Waals surface area contributed by atoms with E-state index < -0.39 is 43.1 Å². The van der Waals surface area contributed by atoms with Crippen molar-refractivity contribution in [3.05, 3.63) is 29.3 Å². The molecule has 1 fully saturated rings. The Balaban J connectivity index is 2.14. The van der Waals surface area contributed by atoms with Crippen LogP contribution in [0.5, 0.6) is 0 Å². The molecule has 5 nitrogen and oxygen atoms in total. The van der Waals surface area contributed by atoms with Gasteiger partial charge >= 0.3 is 18.2 Å². The lowest BCUT2D eigenvalue weighted by atomic mass is 9.96. The molecule has 2 amide bonds. The first-order chi connectivity index (χ1) is 10.6.